The number of carboxylic acid groups (broad SMARTS) is 1. The Morgan fingerprint density at radius 1 is 1.08 bits per heavy atom. The third-order valence-corrected chi connectivity index (χ3v) is 4.49. The standard InChI is InChI=1S/C17H15ClO5S/c1-22-15-8-5-12(9-16(15)23-2)14(10-17(19)20)11-3-6-13(7-4-11)24(18)21/h3-10H,1-2H3,(H,19,20). The lowest BCUT2D eigenvalue weighted by Crippen LogP contribution is -1.98. The van der Waals surface area contributed by atoms with E-state index in [4.69, 9.17) is 20.2 Å². The molecule has 2 aromatic rings. The van der Waals surface area contributed by atoms with Crippen molar-refractivity contribution in [2.45, 2.75) is 4.90 Å². The quantitative estimate of drug-likeness (QED) is 0.625. The molecule has 0 saturated carbocycles. The van der Waals surface area contributed by atoms with Crippen molar-refractivity contribution in [3.8, 4) is 11.5 Å². The Kier molecular flexibility index (Phi) is 6.14. The minimum absolute atomic E-state index is 0.447. The van der Waals surface area contributed by atoms with Crippen molar-refractivity contribution in [1.29, 1.82) is 0 Å². The Hall–Kier alpha value is -2.15. The van der Waals surface area contributed by atoms with Gasteiger partial charge >= 0.3 is 5.97 Å². The molecule has 0 amide bonds. The van der Waals surface area contributed by atoms with Crippen LogP contribution < -0.4 is 9.47 Å². The number of halogens is 1. The maximum Gasteiger partial charge on any atom is 0.328 e. The molecule has 1 N–H and O–H groups in total. The van der Waals surface area contributed by atoms with Gasteiger partial charge in [0.05, 0.1) is 14.2 Å². The van der Waals surface area contributed by atoms with Crippen LogP contribution >= 0.6 is 10.7 Å². The van der Waals surface area contributed by atoms with Gasteiger partial charge in [0.25, 0.3) is 0 Å². The number of aliphatic carboxylic acids is 1. The molecule has 1 atom stereocenters. The Morgan fingerprint density at radius 3 is 2.17 bits per heavy atom. The average molecular weight is 367 g/mol. The van der Waals surface area contributed by atoms with E-state index in [1.54, 1.807) is 42.5 Å². The molecule has 7 heteroatoms. The topological polar surface area (TPSA) is 78.8 Å². The molecule has 1 unspecified atom stereocenters. The molecule has 0 spiro atoms. The van der Waals surface area contributed by atoms with Gasteiger partial charge in [-0.1, -0.05) is 6.07 Å². The molecule has 0 radical (unpaired) electrons. The lowest BCUT2D eigenvalue weighted by molar-refractivity contribution is -0.131. The first-order valence-electron chi connectivity index (χ1n) is 6.81. The highest BCUT2D eigenvalue weighted by Gasteiger charge is 2.13. The second-order valence-electron chi connectivity index (χ2n) is 4.71. The van der Waals surface area contributed by atoms with Gasteiger partial charge in [-0.2, -0.15) is 0 Å². The van der Waals surface area contributed by atoms with Crippen LogP contribution in [0, 0.1) is 0 Å². The zero-order chi connectivity index (χ0) is 17.7. The smallest absolute Gasteiger partial charge is 0.328 e. The van der Waals surface area contributed by atoms with Crippen molar-refractivity contribution >= 4 is 32.6 Å². The second kappa shape index (κ2) is 8.10. The van der Waals surface area contributed by atoms with Crippen molar-refractivity contribution in [3.05, 3.63) is 59.7 Å². The van der Waals surface area contributed by atoms with E-state index in [1.807, 2.05) is 0 Å². The summed E-state index contributed by atoms with van der Waals surface area (Å²) in [7, 11) is 6.96. The van der Waals surface area contributed by atoms with Crippen LogP contribution in [0.15, 0.2) is 53.4 Å². The zero-order valence-corrected chi connectivity index (χ0v) is 14.6. The molecule has 0 aliphatic heterocycles. The Labute approximate surface area is 147 Å². The van der Waals surface area contributed by atoms with Gasteiger partial charge in [-0.25, -0.2) is 4.79 Å². The number of ether oxygens (including phenoxy) is 2. The molecule has 24 heavy (non-hydrogen) atoms. The Bertz CT molecular complexity index is 756. The third-order valence-electron chi connectivity index (χ3n) is 3.31. The first-order chi connectivity index (χ1) is 11.5. The monoisotopic (exact) mass is 366 g/mol. The maximum absolute atomic E-state index is 11.3. The summed E-state index contributed by atoms with van der Waals surface area (Å²) in [5.41, 5.74) is 1.78. The predicted octanol–water partition coefficient (Wildman–Crippen LogP) is 3.48. The summed E-state index contributed by atoms with van der Waals surface area (Å²) >= 11 is 0. The highest BCUT2D eigenvalue weighted by atomic mass is 35.7. The molecular formula is C17H15ClO5S. The van der Waals surface area contributed by atoms with E-state index >= 15 is 0 Å². The molecule has 0 saturated heterocycles. The SMILES string of the molecule is COc1ccc(C(=CC(=O)O)c2ccc([S+]([O-])Cl)cc2)cc1OC. The summed E-state index contributed by atoms with van der Waals surface area (Å²) in [6.07, 6.45) is 1.11. The molecule has 0 fully saturated rings. The fraction of sp³-hybridized carbons (Fsp3) is 0.118. The van der Waals surface area contributed by atoms with Gasteiger partial charge in [0.1, 0.15) is 10.4 Å². The molecule has 5 nitrogen and oxygen atoms in total. The molecule has 0 aliphatic rings. The molecular weight excluding hydrogens is 352 g/mol. The first-order valence-corrected chi connectivity index (χ1v) is 8.79. The van der Waals surface area contributed by atoms with Gasteiger partial charge in [-0.05, 0) is 53.1 Å². The van der Waals surface area contributed by atoms with Crippen molar-refractivity contribution < 1.29 is 23.9 Å². The molecule has 0 heterocycles. The highest BCUT2D eigenvalue weighted by molar-refractivity contribution is 8.13. The van der Waals surface area contributed by atoms with Gasteiger partial charge in [0.15, 0.2) is 27.1 Å². The van der Waals surface area contributed by atoms with Crippen LogP contribution in [-0.2, 0) is 15.2 Å². The van der Waals surface area contributed by atoms with Crippen LogP contribution in [0.3, 0.4) is 0 Å². The van der Waals surface area contributed by atoms with E-state index in [9.17, 15) is 14.5 Å². The molecule has 0 bridgehead atoms. The number of carboxylic acids is 1. The number of rotatable bonds is 6. The van der Waals surface area contributed by atoms with E-state index in [2.05, 4.69) is 0 Å². The number of hydrogen-bond acceptors (Lipinski definition) is 4. The lowest BCUT2D eigenvalue weighted by Gasteiger charge is -2.12. The molecule has 126 valence electrons. The van der Waals surface area contributed by atoms with Crippen LogP contribution in [0.1, 0.15) is 11.1 Å². The predicted molar refractivity (Wildman–Crippen MR) is 93.0 cm³/mol. The van der Waals surface area contributed by atoms with Crippen LogP contribution in [0.25, 0.3) is 5.57 Å². The minimum atomic E-state index is -1.62. The fourth-order valence-corrected chi connectivity index (χ4v) is 2.86. The molecule has 2 aromatic carbocycles. The number of carbonyl (C=O) groups is 1. The summed E-state index contributed by atoms with van der Waals surface area (Å²) in [6, 6.07) is 11.7. The van der Waals surface area contributed by atoms with Gasteiger partial charge in [-0.15, -0.1) is 0 Å². The third kappa shape index (κ3) is 4.23. The van der Waals surface area contributed by atoms with E-state index in [0.29, 0.717) is 33.1 Å². The van der Waals surface area contributed by atoms with Gasteiger partial charge in [-0.3, -0.25) is 0 Å². The van der Waals surface area contributed by atoms with Crippen LogP contribution in [0.2, 0.25) is 0 Å². The fourth-order valence-electron chi connectivity index (χ4n) is 2.20. The largest absolute Gasteiger partial charge is 0.594 e. The maximum atomic E-state index is 11.3. The van der Waals surface area contributed by atoms with E-state index in [1.165, 1.54) is 14.2 Å². The molecule has 0 aromatic heterocycles. The summed E-state index contributed by atoms with van der Waals surface area (Å²) in [6.45, 7) is 0. The summed E-state index contributed by atoms with van der Waals surface area (Å²) in [5, 5.41) is 9.17. The van der Waals surface area contributed by atoms with Crippen LogP contribution in [0.4, 0.5) is 0 Å². The number of methoxy groups -OCH3 is 2. The highest BCUT2D eigenvalue weighted by Crippen LogP contribution is 2.33. The van der Waals surface area contributed by atoms with Crippen molar-refractivity contribution in [1.82, 2.24) is 0 Å². The average Bonchev–Trinajstić information content (AvgIpc) is 2.59. The van der Waals surface area contributed by atoms with Gasteiger partial charge in [0, 0.05) is 6.08 Å². The normalized spacial score (nSPS) is 12.6. The van der Waals surface area contributed by atoms with Crippen LogP contribution in [0.5, 0.6) is 11.5 Å². The van der Waals surface area contributed by atoms with Crippen molar-refractivity contribution in [2.24, 2.45) is 0 Å². The Morgan fingerprint density at radius 2 is 1.67 bits per heavy atom. The van der Waals surface area contributed by atoms with Crippen LogP contribution in [-0.4, -0.2) is 29.8 Å². The van der Waals surface area contributed by atoms with E-state index in [-0.39, 0.29) is 0 Å². The minimum Gasteiger partial charge on any atom is -0.594 e. The summed E-state index contributed by atoms with van der Waals surface area (Å²) < 4.78 is 21.7. The Balaban J connectivity index is 2.52. The molecule has 0 aliphatic carbocycles. The van der Waals surface area contributed by atoms with Crippen molar-refractivity contribution in [2.75, 3.05) is 14.2 Å². The first kappa shape index (κ1) is 18.2. The lowest BCUT2D eigenvalue weighted by atomic mass is 9.97. The van der Waals surface area contributed by atoms with Crippen molar-refractivity contribution in [3.63, 3.8) is 0 Å². The van der Waals surface area contributed by atoms with Gasteiger partial charge in [0.2, 0.25) is 0 Å². The van der Waals surface area contributed by atoms with E-state index < -0.39 is 16.4 Å². The number of benzene rings is 2. The molecule has 2 rings (SSSR count). The zero-order valence-electron chi connectivity index (χ0n) is 13.0. The summed E-state index contributed by atoms with van der Waals surface area (Å²) in [5.74, 6) is -0.0432. The van der Waals surface area contributed by atoms with E-state index in [0.717, 1.165) is 6.08 Å². The van der Waals surface area contributed by atoms with Gasteiger partial charge < -0.3 is 19.1 Å². The summed E-state index contributed by atoms with van der Waals surface area (Å²) in [4.78, 5) is 11.7. The number of hydrogen-bond donors (Lipinski definition) is 1. The second-order valence-corrected chi connectivity index (χ2v) is 6.47.